The van der Waals surface area contributed by atoms with E-state index >= 15 is 0 Å². The van der Waals surface area contributed by atoms with Gasteiger partial charge in [0.05, 0.1) is 238 Å². The summed E-state index contributed by atoms with van der Waals surface area (Å²) in [6.07, 6.45) is 0. The highest BCUT2D eigenvalue weighted by molar-refractivity contribution is 4.41. The van der Waals surface area contributed by atoms with E-state index in [4.69, 9.17) is 90.0 Å². The zero-order chi connectivity index (χ0) is 40.9. The third-order valence-corrected chi connectivity index (χ3v) is 6.82. The molecule has 0 aromatic carbocycles. The van der Waals surface area contributed by atoms with Gasteiger partial charge in [0.2, 0.25) is 0 Å². The Hall–Kier alpha value is -0.760. The lowest BCUT2D eigenvalue weighted by Gasteiger charge is -2.09. The lowest BCUT2D eigenvalue weighted by Crippen LogP contribution is -2.16. The second kappa shape index (κ2) is 55.2. The first-order valence-corrected chi connectivity index (χ1v) is 20.2. The lowest BCUT2D eigenvalue weighted by molar-refractivity contribution is -0.0310. The highest BCUT2D eigenvalue weighted by atomic mass is 16.6. The van der Waals surface area contributed by atoms with Gasteiger partial charge >= 0.3 is 0 Å². The number of hydrogen-bond acceptors (Lipinski definition) is 19. The maximum atomic E-state index is 5.50. The molecule has 0 unspecified atom stereocenters. The molecule has 0 amide bonds. The van der Waals surface area contributed by atoms with Gasteiger partial charge in [-0.25, -0.2) is 0 Å². The molecule has 19 nitrogen and oxygen atoms in total. The Morgan fingerprint density at radius 3 is 0.263 bits per heavy atom. The minimum atomic E-state index is 0.498. The van der Waals surface area contributed by atoms with Crippen LogP contribution in [0, 0.1) is 0 Å². The summed E-state index contributed by atoms with van der Waals surface area (Å²) in [4.78, 5) is 0. The number of rotatable bonds is 54. The zero-order valence-electron chi connectivity index (χ0n) is 35.2. The van der Waals surface area contributed by atoms with Crippen LogP contribution in [-0.4, -0.2) is 252 Å². The van der Waals surface area contributed by atoms with E-state index in [1.165, 1.54) is 0 Å². The summed E-state index contributed by atoms with van der Waals surface area (Å²) in [5, 5.41) is 0. The van der Waals surface area contributed by atoms with Gasteiger partial charge in [-0.15, -0.1) is 0 Å². The summed E-state index contributed by atoms with van der Waals surface area (Å²) in [6.45, 7) is 18.7. The van der Waals surface area contributed by atoms with Crippen LogP contribution in [0.2, 0.25) is 0 Å². The second-order valence-corrected chi connectivity index (χ2v) is 11.4. The molecular weight excluding hydrogens is 760 g/mol. The van der Waals surface area contributed by atoms with Gasteiger partial charge in [0.25, 0.3) is 0 Å². The van der Waals surface area contributed by atoms with E-state index in [0.717, 1.165) is 0 Å². The fraction of sp³-hybridized carbons (Fsp3) is 1.00. The van der Waals surface area contributed by atoms with Crippen molar-refractivity contribution in [2.75, 3.05) is 252 Å². The molecule has 0 atom stereocenters. The first kappa shape index (κ1) is 56.2. The summed E-state index contributed by atoms with van der Waals surface area (Å²) in [6, 6.07) is 0. The first-order valence-electron chi connectivity index (χ1n) is 20.2. The predicted octanol–water partition coefficient (Wildman–Crippen LogP) is 0.561. The minimum absolute atomic E-state index is 0.498. The van der Waals surface area contributed by atoms with E-state index < -0.39 is 0 Å². The highest BCUT2D eigenvalue weighted by Gasteiger charge is 1.98. The van der Waals surface area contributed by atoms with Crippen LogP contribution in [0.4, 0.5) is 0 Å². The van der Waals surface area contributed by atoms with Crippen molar-refractivity contribution in [2.45, 2.75) is 0 Å². The predicted molar refractivity (Wildman–Crippen MR) is 208 cm³/mol. The molecule has 0 aliphatic carbocycles. The highest BCUT2D eigenvalue weighted by Crippen LogP contribution is 1.89. The van der Waals surface area contributed by atoms with Crippen LogP contribution in [-0.2, 0) is 90.0 Å². The van der Waals surface area contributed by atoms with Gasteiger partial charge in [0.1, 0.15) is 0 Å². The molecule has 19 heteroatoms. The van der Waals surface area contributed by atoms with Gasteiger partial charge < -0.3 is 90.0 Å². The van der Waals surface area contributed by atoms with Gasteiger partial charge in [-0.3, -0.25) is 0 Å². The summed E-state index contributed by atoms with van der Waals surface area (Å²) >= 11 is 0. The maximum Gasteiger partial charge on any atom is 0.0701 e. The Kier molecular flexibility index (Phi) is 54.5. The second-order valence-electron chi connectivity index (χ2n) is 11.4. The summed E-state index contributed by atoms with van der Waals surface area (Å²) in [5.74, 6) is 0. The quantitative estimate of drug-likeness (QED) is 0.0777. The molecule has 0 saturated heterocycles. The van der Waals surface area contributed by atoms with Gasteiger partial charge in [0, 0.05) is 14.2 Å². The van der Waals surface area contributed by atoms with E-state index in [1.54, 1.807) is 14.2 Å². The molecule has 0 aromatic rings. The van der Waals surface area contributed by atoms with Crippen molar-refractivity contribution in [3.63, 3.8) is 0 Å². The van der Waals surface area contributed by atoms with Gasteiger partial charge in [-0.05, 0) is 0 Å². The van der Waals surface area contributed by atoms with E-state index in [1.807, 2.05) is 0 Å². The number of ether oxygens (including phenoxy) is 19. The normalized spacial score (nSPS) is 11.7. The maximum absolute atomic E-state index is 5.50. The van der Waals surface area contributed by atoms with E-state index in [0.29, 0.717) is 238 Å². The topological polar surface area (TPSA) is 175 Å². The largest absolute Gasteiger partial charge is 0.382 e. The smallest absolute Gasteiger partial charge is 0.0701 e. The van der Waals surface area contributed by atoms with Crippen molar-refractivity contribution < 1.29 is 90.0 Å². The van der Waals surface area contributed by atoms with Crippen LogP contribution in [0.15, 0.2) is 0 Å². The van der Waals surface area contributed by atoms with Crippen LogP contribution in [0.3, 0.4) is 0 Å². The number of methoxy groups -OCH3 is 2. The van der Waals surface area contributed by atoms with Crippen molar-refractivity contribution >= 4 is 0 Å². The third kappa shape index (κ3) is 55.2. The van der Waals surface area contributed by atoms with Gasteiger partial charge in [0.15, 0.2) is 0 Å². The van der Waals surface area contributed by atoms with Crippen LogP contribution in [0.25, 0.3) is 0 Å². The molecule has 0 heterocycles. The van der Waals surface area contributed by atoms with E-state index in [2.05, 4.69) is 0 Å². The van der Waals surface area contributed by atoms with E-state index in [-0.39, 0.29) is 0 Å². The molecular formula is C38H78O19. The molecule has 0 bridgehead atoms. The van der Waals surface area contributed by atoms with Gasteiger partial charge in [-0.1, -0.05) is 0 Å². The average molecular weight is 839 g/mol. The molecule has 0 radical (unpaired) electrons. The Morgan fingerprint density at radius 1 is 0.123 bits per heavy atom. The van der Waals surface area contributed by atoms with Crippen molar-refractivity contribution in [3.8, 4) is 0 Å². The van der Waals surface area contributed by atoms with Crippen molar-refractivity contribution in [3.05, 3.63) is 0 Å². The fourth-order valence-electron chi connectivity index (χ4n) is 3.91. The molecule has 0 aliphatic rings. The van der Waals surface area contributed by atoms with Crippen LogP contribution >= 0.6 is 0 Å². The lowest BCUT2D eigenvalue weighted by atomic mass is 10.6. The molecule has 0 saturated carbocycles. The molecule has 57 heavy (non-hydrogen) atoms. The molecule has 0 rings (SSSR count). The summed E-state index contributed by atoms with van der Waals surface area (Å²) in [7, 11) is 3.29. The standard InChI is InChI=1S/C38H78O19/c1-39-3-5-41-7-9-43-11-13-45-15-17-47-19-21-49-23-25-51-27-29-53-31-33-55-35-37-57-38-36-56-34-32-54-30-28-52-26-24-50-22-20-48-18-16-46-14-12-44-10-8-42-6-4-40-2/h3-38H2,1-2H3. The Labute approximate surface area is 341 Å². The van der Waals surface area contributed by atoms with Crippen LogP contribution < -0.4 is 0 Å². The number of hydrogen-bond donors (Lipinski definition) is 0. The molecule has 0 fully saturated rings. The van der Waals surface area contributed by atoms with Crippen LogP contribution in [0.5, 0.6) is 0 Å². The summed E-state index contributed by atoms with van der Waals surface area (Å²) in [5.41, 5.74) is 0. The van der Waals surface area contributed by atoms with E-state index in [9.17, 15) is 0 Å². The SMILES string of the molecule is COCCOCCOCCOCCOCCOCCOCCOCCOCCOCCOCCOCCOCCOCCOCCOCCOCCOCCOC. The zero-order valence-corrected chi connectivity index (χ0v) is 35.2. The minimum Gasteiger partial charge on any atom is -0.382 e. The molecule has 0 spiro atoms. The van der Waals surface area contributed by atoms with Gasteiger partial charge in [-0.2, -0.15) is 0 Å². The first-order chi connectivity index (χ1) is 28.4. The Bertz CT molecular complexity index is 634. The van der Waals surface area contributed by atoms with Crippen LogP contribution in [0.1, 0.15) is 0 Å². The van der Waals surface area contributed by atoms with Crippen molar-refractivity contribution in [1.29, 1.82) is 0 Å². The Morgan fingerprint density at radius 2 is 0.193 bits per heavy atom. The van der Waals surface area contributed by atoms with Crippen molar-refractivity contribution in [1.82, 2.24) is 0 Å². The molecule has 344 valence electrons. The third-order valence-electron chi connectivity index (χ3n) is 6.82. The summed E-state index contributed by atoms with van der Waals surface area (Å²) < 4.78 is 102. The molecule has 0 aromatic heterocycles. The fourth-order valence-corrected chi connectivity index (χ4v) is 3.91. The van der Waals surface area contributed by atoms with Crippen molar-refractivity contribution in [2.24, 2.45) is 0 Å². The monoisotopic (exact) mass is 839 g/mol. The average Bonchev–Trinajstić information content (AvgIpc) is 3.22. The molecule has 0 N–H and O–H groups in total. The Balaban J connectivity index is 3.05. The molecule has 0 aliphatic heterocycles.